The Morgan fingerprint density at radius 2 is 2.22 bits per heavy atom. The van der Waals surface area contributed by atoms with E-state index in [9.17, 15) is 4.79 Å². The van der Waals surface area contributed by atoms with E-state index < -0.39 is 0 Å². The third-order valence-corrected chi connectivity index (χ3v) is 4.44. The van der Waals surface area contributed by atoms with Crippen molar-refractivity contribution >= 4 is 22.4 Å². The number of anilines is 1. The lowest BCUT2D eigenvalue weighted by Crippen LogP contribution is -2.52. The number of nitrogens with one attached hydrogen (secondary N) is 1. The molecule has 2 aliphatic rings. The molecular weight excluding hydrogens is 248 g/mol. The Labute approximate surface area is 111 Å². The molecule has 6 heteroatoms. The Bertz CT molecular complexity index is 402. The van der Waals surface area contributed by atoms with Crippen LogP contribution in [0.4, 0.5) is 5.13 Å². The van der Waals surface area contributed by atoms with Crippen LogP contribution >= 0.6 is 11.3 Å². The molecule has 5 nitrogen and oxygen atoms in total. The fraction of sp³-hybridized carbons (Fsp3) is 0.667. The minimum Gasteiger partial charge on any atom is -0.338 e. The lowest BCUT2D eigenvalue weighted by molar-refractivity contribution is -0.132. The van der Waals surface area contributed by atoms with Crippen LogP contribution in [0.3, 0.4) is 0 Å². The van der Waals surface area contributed by atoms with Gasteiger partial charge in [-0.3, -0.25) is 4.79 Å². The number of rotatable bonds is 2. The number of hydrogen-bond donors (Lipinski definition) is 1. The molecular formula is C12H18N4OS. The van der Waals surface area contributed by atoms with Gasteiger partial charge in [0, 0.05) is 44.3 Å². The summed E-state index contributed by atoms with van der Waals surface area (Å²) in [5, 5.41) is 6.24. The van der Waals surface area contributed by atoms with Crippen LogP contribution in [-0.4, -0.2) is 54.6 Å². The van der Waals surface area contributed by atoms with E-state index in [4.69, 9.17) is 0 Å². The molecule has 1 unspecified atom stereocenters. The molecule has 2 saturated heterocycles. The normalized spacial score (nSPS) is 24.6. The van der Waals surface area contributed by atoms with E-state index in [1.165, 1.54) is 0 Å². The summed E-state index contributed by atoms with van der Waals surface area (Å²) in [6.45, 7) is 4.45. The van der Waals surface area contributed by atoms with Gasteiger partial charge in [-0.05, 0) is 12.8 Å². The van der Waals surface area contributed by atoms with Crippen LogP contribution in [0.25, 0.3) is 0 Å². The van der Waals surface area contributed by atoms with E-state index in [2.05, 4.69) is 15.2 Å². The zero-order chi connectivity index (χ0) is 12.4. The molecule has 0 spiro atoms. The first-order chi connectivity index (χ1) is 8.86. The molecule has 18 heavy (non-hydrogen) atoms. The van der Waals surface area contributed by atoms with Crippen molar-refractivity contribution in [1.82, 2.24) is 15.2 Å². The van der Waals surface area contributed by atoms with Gasteiger partial charge in [0.15, 0.2) is 5.13 Å². The van der Waals surface area contributed by atoms with Crippen LogP contribution < -0.4 is 10.2 Å². The lowest BCUT2D eigenvalue weighted by Gasteiger charge is -2.32. The SMILES string of the molecule is O=C(C1CCCN1c1nccs1)N1CCNCC1. The quantitative estimate of drug-likeness (QED) is 0.849. The van der Waals surface area contributed by atoms with Crippen molar-refractivity contribution in [3.63, 3.8) is 0 Å². The number of piperazine rings is 1. The van der Waals surface area contributed by atoms with E-state index in [1.807, 2.05) is 16.5 Å². The molecule has 2 aliphatic heterocycles. The molecule has 1 N–H and O–H groups in total. The fourth-order valence-electron chi connectivity index (χ4n) is 2.71. The first kappa shape index (κ1) is 11.9. The monoisotopic (exact) mass is 266 g/mol. The number of carbonyl (C=O) groups excluding carboxylic acids is 1. The molecule has 1 amide bonds. The highest BCUT2D eigenvalue weighted by molar-refractivity contribution is 7.13. The van der Waals surface area contributed by atoms with Crippen molar-refractivity contribution < 1.29 is 4.79 Å². The van der Waals surface area contributed by atoms with Gasteiger partial charge in [-0.25, -0.2) is 4.98 Å². The largest absolute Gasteiger partial charge is 0.338 e. The lowest BCUT2D eigenvalue weighted by atomic mass is 10.2. The Hall–Kier alpha value is -1.14. The third kappa shape index (κ3) is 2.22. The zero-order valence-corrected chi connectivity index (χ0v) is 11.2. The smallest absolute Gasteiger partial charge is 0.245 e. The van der Waals surface area contributed by atoms with Crippen LogP contribution in [0.5, 0.6) is 0 Å². The highest BCUT2D eigenvalue weighted by atomic mass is 32.1. The number of amides is 1. The predicted octanol–water partition coefficient (Wildman–Crippen LogP) is 0.544. The van der Waals surface area contributed by atoms with Gasteiger partial charge in [0.25, 0.3) is 0 Å². The van der Waals surface area contributed by atoms with E-state index in [1.54, 1.807) is 11.3 Å². The first-order valence-electron chi connectivity index (χ1n) is 6.52. The average molecular weight is 266 g/mol. The van der Waals surface area contributed by atoms with Gasteiger partial charge in [0.05, 0.1) is 0 Å². The van der Waals surface area contributed by atoms with Gasteiger partial charge in [-0.15, -0.1) is 11.3 Å². The summed E-state index contributed by atoms with van der Waals surface area (Å²) in [4.78, 5) is 21.0. The summed E-state index contributed by atoms with van der Waals surface area (Å²) < 4.78 is 0. The Balaban J connectivity index is 1.72. The van der Waals surface area contributed by atoms with Crippen molar-refractivity contribution in [3.8, 4) is 0 Å². The minimum absolute atomic E-state index is 0.00856. The number of hydrogen-bond acceptors (Lipinski definition) is 5. The summed E-state index contributed by atoms with van der Waals surface area (Å²) in [5.74, 6) is 0.282. The summed E-state index contributed by atoms with van der Waals surface area (Å²) in [6, 6.07) is 0.00856. The molecule has 0 radical (unpaired) electrons. The molecule has 0 saturated carbocycles. The first-order valence-corrected chi connectivity index (χ1v) is 7.40. The number of aromatic nitrogens is 1. The molecule has 2 fully saturated rings. The fourth-order valence-corrected chi connectivity index (χ4v) is 3.43. The van der Waals surface area contributed by atoms with Crippen molar-refractivity contribution in [2.75, 3.05) is 37.6 Å². The van der Waals surface area contributed by atoms with Crippen LogP contribution in [0.2, 0.25) is 0 Å². The molecule has 3 rings (SSSR count). The van der Waals surface area contributed by atoms with Crippen LogP contribution in [-0.2, 0) is 4.79 Å². The highest BCUT2D eigenvalue weighted by Gasteiger charge is 2.35. The number of carbonyl (C=O) groups is 1. The second kappa shape index (κ2) is 5.24. The van der Waals surface area contributed by atoms with Crippen LogP contribution in [0.15, 0.2) is 11.6 Å². The van der Waals surface area contributed by atoms with Crippen LogP contribution in [0.1, 0.15) is 12.8 Å². The zero-order valence-electron chi connectivity index (χ0n) is 10.3. The maximum Gasteiger partial charge on any atom is 0.245 e. The molecule has 3 heterocycles. The number of nitrogens with zero attached hydrogens (tertiary/aromatic N) is 3. The van der Waals surface area contributed by atoms with Crippen molar-refractivity contribution in [3.05, 3.63) is 11.6 Å². The van der Waals surface area contributed by atoms with Crippen molar-refractivity contribution in [2.24, 2.45) is 0 Å². The van der Waals surface area contributed by atoms with E-state index in [0.717, 1.165) is 50.7 Å². The summed E-state index contributed by atoms with van der Waals surface area (Å²) in [7, 11) is 0. The van der Waals surface area contributed by atoms with Gasteiger partial charge in [-0.1, -0.05) is 0 Å². The van der Waals surface area contributed by atoms with Crippen LogP contribution in [0, 0.1) is 0 Å². The summed E-state index contributed by atoms with van der Waals surface area (Å²) in [5.41, 5.74) is 0. The maximum atomic E-state index is 12.5. The molecule has 98 valence electrons. The molecule has 0 aliphatic carbocycles. The van der Waals surface area contributed by atoms with Gasteiger partial charge in [0.2, 0.25) is 5.91 Å². The molecule has 1 aromatic heterocycles. The summed E-state index contributed by atoms with van der Waals surface area (Å²) >= 11 is 1.62. The molecule has 1 aromatic rings. The maximum absolute atomic E-state index is 12.5. The molecule has 1 atom stereocenters. The second-order valence-electron chi connectivity index (χ2n) is 4.74. The number of thiazole rings is 1. The van der Waals surface area contributed by atoms with E-state index in [0.29, 0.717) is 0 Å². The van der Waals surface area contributed by atoms with Gasteiger partial charge >= 0.3 is 0 Å². The molecule has 0 aromatic carbocycles. The van der Waals surface area contributed by atoms with Crippen molar-refractivity contribution in [2.45, 2.75) is 18.9 Å². The minimum atomic E-state index is 0.00856. The van der Waals surface area contributed by atoms with Crippen molar-refractivity contribution in [1.29, 1.82) is 0 Å². The van der Waals surface area contributed by atoms with Gasteiger partial charge < -0.3 is 15.1 Å². The van der Waals surface area contributed by atoms with Gasteiger partial charge in [-0.2, -0.15) is 0 Å². The second-order valence-corrected chi connectivity index (χ2v) is 5.61. The van der Waals surface area contributed by atoms with Gasteiger partial charge in [0.1, 0.15) is 6.04 Å². The van der Waals surface area contributed by atoms with E-state index in [-0.39, 0.29) is 11.9 Å². The highest BCUT2D eigenvalue weighted by Crippen LogP contribution is 2.28. The standard InChI is InChI=1S/C12H18N4OS/c17-11(15-7-3-13-4-8-15)10-2-1-6-16(10)12-14-5-9-18-12/h5,9-10,13H,1-4,6-8H2. The Kier molecular flexibility index (Phi) is 3.47. The third-order valence-electron chi connectivity index (χ3n) is 3.63. The Morgan fingerprint density at radius 3 is 2.94 bits per heavy atom. The average Bonchev–Trinajstić information content (AvgIpc) is 3.09. The predicted molar refractivity (Wildman–Crippen MR) is 71.9 cm³/mol. The Morgan fingerprint density at radius 1 is 1.39 bits per heavy atom. The summed E-state index contributed by atoms with van der Waals surface area (Å²) in [6.07, 6.45) is 3.86. The van der Waals surface area contributed by atoms with E-state index >= 15 is 0 Å². The molecule has 0 bridgehead atoms. The topological polar surface area (TPSA) is 48.5 Å².